The first kappa shape index (κ1) is 8.05. The Kier molecular flexibility index (Phi) is 2.13. The van der Waals surface area contributed by atoms with E-state index >= 15 is 0 Å². The zero-order valence-electron chi connectivity index (χ0n) is 7.57. The summed E-state index contributed by atoms with van der Waals surface area (Å²) in [5.74, 6) is 0. The highest BCUT2D eigenvalue weighted by molar-refractivity contribution is 5.22. The SMILES string of the molecule is Cc1cccc(Cn2c[c]nc2)c1. The van der Waals surface area contributed by atoms with Gasteiger partial charge in [0.05, 0.1) is 6.33 Å². The first-order valence-electron chi connectivity index (χ1n) is 4.28. The van der Waals surface area contributed by atoms with Gasteiger partial charge >= 0.3 is 0 Å². The number of aromatic nitrogens is 2. The van der Waals surface area contributed by atoms with E-state index in [1.54, 1.807) is 6.33 Å². The molecule has 0 aliphatic carbocycles. The third-order valence-corrected chi connectivity index (χ3v) is 1.95. The molecule has 0 atom stereocenters. The van der Waals surface area contributed by atoms with Crippen molar-refractivity contribution in [2.75, 3.05) is 0 Å². The summed E-state index contributed by atoms with van der Waals surface area (Å²) in [6, 6.07) is 8.47. The van der Waals surface area contributed by atoms with Gasteiger partial charge in [-0.15, -0.1) is 0 Å². The standard InChI is InChI=1S/C11H11N2/c1-10-3-2-4-11(7-10)8-13-6-5-12-9-13/h2-4,6-7,9H,8H2,1H3. The number of hydrogen-bond donors (Lipinski definition) is 0. The molecule has 1 aromatic carbocycles. The summed E-state index contributed by atoms with van der Waals surface area (Å²) in [4.78, 5) is 3.88. The molecule has 0 amide bonds. The van der Waals surface area contributed by atoms with Crippen LogP contribution in [0.25, 0.3) is 0 Å². The topological polar surface area (TPSA) is 17.8 Å². The number of hydrogen-bond acceptors (Lipinski definition) is 1. The van der Waals surface area contributed by atoms with E-state index in [9.17, 15) is 0 Å². The summed E-state index contributed by atoms with van der Waals surface area (Å²) in [6.45, 7) is 2.97. The van der Waals surface area contributed by atoms with Crippen molar-refractivity contribution in [1.82, 2.24) is 9.55 Å². The van der Waals surface area contributed by atoms with Crippen molar-refractivity contribution in [2.24, 2.45) is 0 Å². The summed E-state index contributed by atoms with van der Waals surface area (Å²) in [5.41, 5.74) is 2.59. The molecule has 0 saturated carbocycles. The second-order valence-corrected chi connectivity index (χ2v) is 3.16. The smallest absolute Gasteiger partial charge is 0.108 e. The Hall–Kier alpha value is -1.57. The summed E-state index contributed by atoms with van der Waals surface area (Å²) < 4.78 is 2.01. The molecule has 1 heterocycles. The maximum atomic E-state index is 3.88. The minimum absolute atomic E-state index is 0.873. The predicted molar refractivity (Wildman–Crippen MR) is 51.3 cm³/mol. The first-order valence-corrected chi connectivity index (χ1v) is 4.28. The molecule has 2 rings (SSSR count). The Labute approximate surface area is 77.9 Å². The van der Waals surface area contributed by atoms with Crippen LogP contribution in [0.3, 0.4) is 0 Å². The van der Waals surface area contributed by atoms with Gasteiger partial charge in [-0.1, -0.05) is 29.8 Å². The van der Waals surface area contributed by atoms with Crippen molar-refractivity contribution in [3.63, 3.8) is 0 Å². The van der Waals surface area contributed by atoms with Crippen LogP contribution >= 0.6 is 0 Å². The van der Waals surface area contributed by atoms with Crippen molar-refractivity contribution in [3.05, 3.63) is 54.1 Å². The van der Waals surface area contributed by atoms with Crippen molar-refractivity contribution in [2.45, 2.75) is 13.5 Å². The maximum Gasteiger partial charge on any atom is 0.108 e. The summed E-state index contributed by atoms with van der Waals surface area (Å²) in [7, 11) is 0. The molecule has 0 bridgehead atoms. The summed E-state index contributed by atoms with van der Waals surface area (Å²) in [6.07, 6.45) is 6.41. The van der Waals surface area contributed by atoms with Gasteiger partial charge in [-0.2, -0.15) is 0 Å². The van der Waals surface area contributed by atoms with E-state index in [0.29, 0.717) is 0 Å². The van der Waals surface area contributed by atoms with Crippen LogP contribution < -0.4 is 0 Å². The monoisotopic (exact) mass is 171 g/mol. The molecule has 0 N–H and O–H groups in total. The molecular formula is C11H11N2. The molecule has 2 heteroatoms. The van der Waals surface area contributed by atoms with E-state index in [1.165, 1.54) is 11.1 Å². The summed E-state index contributed by atoms with van der Waals surface area (Å²) in [5, 5.41) is 0. The number of benzene rings is 1. The highest BCUT2D eigenvalue weighted by atomic mass is 15.0. The third kappa shape index (κ3) is 1.96. The normalized spacial score (nSPS) is 10.2. The molecule has 2 nitrogen and oxygen atoms in total. The molecule has 2 aromatic rings. The Bertz CT molecular complexity index is 377. The lowest BCUT2D eigenvalue weighted by Crippen LogP contribution is -1.96. The van der Waals surface area contributed by atoms with Gasteiger partial charge in [-0.25, -0.2) is 4.98 Å². The van der Waals surface area contributed by atoms with E-state index in [2.05, 4.69) is 42.4 Å². The van der Waals surface area contributed by atoms with E-state index in [0.717, 1.165) is 6.54 Å². The number of imidazole rings is 1. The minimum atomic E-state index is 0.873. The molecular weight excluding hydrogens is 160 g/mol. The third-order valence-electron chi connectivity index (χ3n) is 1.95. The van der Waals surface area contributed by atoms with Crippen LogP contribution in [0.4, 0.5) is 0 Å². The van der Waals surface area contributed by atoms with Crippen LogP contribution in [0.2, 0.25) is 0 Å². The van der Waals surface area contributed by atoms with Crippen LogP contribution in [0.5, 0.6) is 0 Å². The van der Waals surface area contributed by atoms with Crippen molar-refractivity contribution in [3.8, 4) is 0 Å². The average Bonchev–Trinajstić information content (AvgIpc) is 2.57. The number of rotatable bonds is 2. The van der Waals surface area contributed by atoms with Gasteiger partial charge in [0.15, 0.2) is 0 Å². The van der Waals surface area contributed by atoms with Crippen LogP contribution in [-0.4, -0.2) is 9.55 Å². The molecule has 0 spiro atoms. The van der Waals surface area contributed by atoms with E-state index in [-0.39, 0.29) is 0 Å². The lowest BCUT2D eigenvalue weighted by atomic mass is 10.1. The Morgan fingerprint density at radius 1 is 1.46 bits per heavy atom. The Morgan fingerprint density at radius 3 is 3.08 bits per heavy atom. The second-order valence-electron chi connectivity index (χ2n) is 3.16. The lowest BCUT2D eigenvalue weighted by Gasteiger charge is -2.02. The zero-order chi connectivity index (χ0) is 9.10. The fourth-order valence-electron chi connectivity index (χ4n) is 1.36. The van der Waals surface area contributed by atoms with Crippen LogP contribution in [0, 0.1) is 13.1 Å². The van der Waals surface area contributed by atoms with E-state index in [4.69, 9.17) is 0 Å². The molecule has 13 heavy (non-hydrogen) atoms. The first-order chi connectivity index (χ1) is 6.34. The molecule has 0 aliphatic heterocycles. The highest BCUT2D eigenvalue weighted by Crippen LogP contribution is 2.05. The fourth-order valence-corrected chi connectivity index (χ4v) is 1.36. The molecule has 0 unspecified atom stereocenters. The molecule has 0 saturated heterocycles. The van der Waals surface area contributed by atoms with Gasteiger partial charge in [0.2, 0.25) is 0 Å². The number of aryl methyl sites for hydroxylation is 1. The van der Waals surface area contributed by atoms with E-state index in [1.807, 2.05) is 10.8 Å². The molecule has 1 aromatic heterocycles. The molecule has 1 radical (unpaired) electrons. The van der Waals surface area contributed by atoms with Gasteiger partial charge in [0, 0.05) is 12.7 Å². The molecule has 0 aliphatic rings. The van der Waals surface area contributed by atoms with Crippen LogP contribution in [0.15, 0.2) is 36.8 Å². The highest BCUT2D eigenvalue weighted by Gasteiger charge is 1.93. The minimum Gasteiger partial charge on any atom is -0.332 e. The molecule has 0 fully saturated rings. The Balaban J connectivity index is 2.19. The fraction of sp³-hybridized carbons (Fsp3) is 0.182. The average molecular weight is 171 g/mol. The maximum absolute atomic E-state index is 3.88. The Morgan fingerprint density at radius 2 is 2.38 bits per heavy atom. The van der Waals surface area contributed by atoms with Gasteiger partial charge in [-0.3, -0.25) is 0 Å². The van der Waals surface area contributed by atoms with Crippen LogP contribution in [0.1, 0.15) is 11.1 Å². The van der Waals surface area contributed by atoms with Crippen LogP contribution in [-0.2, 0) is 6.54 Å². The lowest BCUT2D eigenvalue weighted by molar-refractivity contribution is 0.796. The van der Waals surface area contributed by atoms with E-state index < -0.39 is 0 Å². The largest absolute Gasteiger partial charge is 0.332 e. The van der Waals surface area contributed by atoms with Crippen molar-refractivity contribution < 1.29 is 0 Å². The van der Waals surface area contributed by atoms with Gasteiger partial charge in [0.25, 0.3) is 0 Å². The quantitative estimate of drug-likeness (QED) is 0.676. The zero-order valence-corrected chi connectivity index (χ0v) is 7.57. The summed E-state index contributed by atoms with van der Waals surface area (Å²) >= 11 is 0. The van der Waals surface area contributed by atoms with Crippen molar-refractivity contribution in [1.29, 1.82) is 0 Å². The predicted octanol–water partition coefficient (Wildman–Crippen LogP) is 2.04. The van der Waals surface area contributed by atoms with Gasteiger partial charge in [-0.05, 0) is 12.5 Å². The van der Waals surface area contributed by atoms with Gasteiger partial charge in [0.1, 0.15) is 6.20 Å². The second kappa shape index (κ2) is 3.44. The van der Waals surface area contributed by atoms with Gasteiger partial charge < -0.3 is 4.57 Å². The number of nitrogens with zero attached hydrogens (tertiary/aromatic N) is 2. The van der Waals surface area contributed by atoms with Crippen molar-refractivity contribution >= 4 is 0 Å². The molecule has 65 valence electrons.